The van der Waals surface area contributed by atoms with Crippen molar-refractivity contribution in [2.45, 2.75) is 19.4 Å². The molecule has 0 spiro atoms. The van der Waals surface area contributed by atoms with E-state index >= 15 is 0 Å². The normalized spacial score (nSPS) is 15.9. The van der Waals surface area contributed by atoms with Crippen molar-refractivity contribution in [1.29, 1.82) is 0 Å². The van der Waals surface area contributed by atoms with E-state index in [2.05, 4.69) is 4.98 Å². The number of benzene rings is 1. The second-order valence-electron chi connectivity index (χ2n) is 8.52. The van der Waals surface area contributed by atoms with Crippen LogP contribution < -0.4 is 4.74 Å². The van der Waals surface area contributed by atoms with Crippen LogP contribution in [0.2, 0.25) is 0 Å². The Kier molecular flexibility index (Phi) is 6.01. The second-order valence-corrected chi connectivity index (χ2v) is 10.8. The lowest BCUT2D eigenvalue weighted by Crippen LogP contribution is -2.29. The van der Waals surface area contributed by atoms with Gasteiger partial charge in [0.05, 0.1) is 26.8 Å². The summed E-state index contributed by atoms with van der Waals surface area (Å²) >= 11 is 2.98. The fraction of sp³-hybridized carbons (Fsp3) is 0.320. The van der Waals surface area contributed by atoms with E-state index in [1.165, 1.54) is 11.3 Å². The number of ether oxygens (including phenoxy) is 2. The Bertz CT molecular complexity index is 1410. The molecule has 0 N–H and O–H groups in total. The minimum absolute atomic E-state index is 0.00105. The molecule has 0 radical (unpaired) electrons. The SMILES string of the molecule is CO[C@H]1CCN(C(=O)c2cc3nccc(Oc4ccc5c(C(=O)N(C)C)c(C)sc5c4)c3s2)C1. The fourth-order valence-electron chi connectivity index (χ4n) is 4.24. The minimum atomic E-state index is -0.00105. The largest absolute Gasteiger partial charge is 0.456 e. The van der Waals surface area contributed by atoms with Crippen molar-refractivity contribution in [1.82, 2.24) is 14.8 Å². The van der Waals surface area contributed by atoms with E-state index in [9.17, 15) is 9.59 Å². The zero-order valence-corrected chi connectivity index (χ0v) is 21.1. The van der Waals surface area contributed by atoms with Crippen molar-refractivity contribution in [3.8, 4) is 11.5 Å². The van der Waals surface area contributed by atoms with Gasteiger partial charge in [0.2, 0.25) is 0 Å². The highest BCUT2D eigenvalue weighted by atomic mass is 32.1. The molecule has 0 unspecified atom stereocenters. The number of amides is 2. The van der Waals surface area contributed by atoms with Crippen molar-refractivity contribution in [2.24, 2.45) is 0 Å². The number of carbonyl (C=O) groups excluding carboxylic acids is 2. The molecule has 1 aliphatic rings. The molecule has 1 atom stereocenters. The van der Waals surface area contributed by atoms with Crippen molar-refractivity contribution < 1.29 is 19.1 Å². The highest BCUT2D eigenvalue weighted by Gasteiger charge is 2.28. The summed E-state index contributed by atoms with van der Waals surface area (Å²) in [6.45, 7) is 3.27. The zero-order chi connectivity index (χ0) is 24.0. The van der Waals surface area contributed by atoms with Crippen LogP contribution >= 0.6 is 22.7 Å². The van der Waals surface area contributed by atoms with Crippen LogP contribution in [0.25, 0.3) is 20.3 Å². The average molecular weight is 496 g/mol. The van der Waals surface area contributed by atoms with Gasteiger partial charge in [0, 0.05) is 61.5 Å². The first-order valence-corrected chi connectivity index (χ1v) is 12.6. The summed E-state index contributed by atoms with van der Waals surface area (Å²) in [6.07, 6.45) is 2.64. The Morgan fingerprint density at radius 2 is 2.00 bits per heavy atom. The first-order valence-electron chi connectivity index (χ1n) is 11.0. The van der Waals surface area contributed by atoms with Crippen LogP contribution in [-0.4, -0.2) is 67.0 Å². The van der Waals surface area contributed by atoms with Gasteiger partial charge in [-0.2, -0.15) is 0 Å². The highest BCUT2D eigenvalue weighted by molar-refractivity contribution is 7.21. The van der Waals surface area contributed by atoms with Crippen molar-refractivity contribution >= 4 is 54.8 Å². The van der Waals surface area contributed by atoms with Gasteiger partial charge in [-0.1, -0.05) is 0 Å². The van der Waals surface area contributed by atoms with Crippen LogP contribution in [0, 0.1) is 6.92 Å². The molecule has 0 aliphatic carbocycles. The highest BCUT2D eigenvalue weighted by Crippen LogP contribution is 2.38. The van der Waals surface area contributed by atoms with E-state index in [1.54, 1.807) is 43.6 Å². The van der Waals surface area contributed by atoms with Gasteiger partial charge >= 0.3 is 0 Å². The molecule has 1 aromatic carbocycles. The Morgan fingerprint density at radius 1 is 1.18 bits per heavy atom. The number of nitrogens with zero attached hydrogens (tertiary/aromatic N) is 3. The molecular weight excluding hydrogens is 470 g/mol. The Balaban J connectivity index is 1.44. The molecule has 1 fully saturated rings. The van der Waals surface area contributed by atoms with Crippen molar-refractivity contribution in [3.05, 3.63) is 51.8 Å². The molecule has 9 heteroatoms. The predicted molar refractivity (Wildman–Crippen MR) is 136 cm³/mol. The van der Waals surface area contributed by atoms with Crippen molar-refractivity contribution in [3.63, 3.8) is 0 Å². The number of thiophene rings is 2. The van der Waals surface area contributed by atoms with Gasteiger partial charge < -0.3 is 19.3 Å². The number of aromatic nitrogens is 1. The maximum Gasteiger partial charge on any atom is 0.264 e. The number of pyridine rings is 1. The second kappa shape index (κ2) is 8.98. The van der Waals surface area contributed by atoms with E-state index in [-0.39, 0.29) is 17.9 Å². The minimum Gasteiger partial charge on any atom is -0.456 e. The van der Waals surface area contributed by atoms with Gasteiger partial charge in [0.1, 0.15) is 11.5 Å². The van der Waals surface area contributed by atoms with Crippen LogP contribution in [-0.2, 0) is 4.74 Å². The predicted octanol–water partition coefficient (Wildman–Crippen LogP) is 5.17. The Morgan fingerprint density at radius 3 is 2.74 bits per heavy atom. The third-order valence-electron chi connectivity index (χ3n) is 6.04. The quantitative estimate of drug-likeness (QED) is 0.382. The summed E-state index contributed by atoms with van der Waals surface area (Å²) in [4.78, 5) is 35.1. The molecule has 4 heterocycles. The summed E-state index contributed by atoms with van der Waals surface area (Å²) in [5.74, 6) is 1.33. The summed E-state index contributed by atoms with van der Waals surface area (Å²) in [7, 11) is 5.20. The maximum atomic E-state index is 13.0. The number of likely N-dealkylation sites (tertiary alicyclic amines) is 1. The van der Waals surface area contributed by atoms with Crippen LogP contribution in [0.5, 0.6) is 11.5 Å². The van der Waals surface area contributed by atoms with E-state index in [4.69, 9.17) is 9.47 Å². The molecule has 1 aliphatic heterocycles. The van der Waals surface area contributed by atoms with Gasteiger partial charge in [-0.25, -0.2) is 0 Å². The number of hydrogen-bond donors (Lipinski definition) is 0. The lowest BCUT2D eigenvalue weighted by atomic mass is 10.1. The molecule has 34 heavy (non-hydrogen) atoms. The maximum absolute atomic E-state index is 13.0. The molecule has 0 bridgehead atoms. The standard InChI is InChI=1S/C25H25N3O4S2/c1-14-22(25(30)27(2)3)17-6-5-15(11-20(17)33-14)32-19-7-9-26-18-12-21(34-23(18)19)24(29)28-10-8-16(13-28)31-4/h5-7,9,11-12,16H,8,10,13H2,1-4H3/t16-/m0/s1. The first-order chi connectivity index (χ1) is 16.4. The molecule has 5 rings (SSSR count). The summed E-state index contributed by atoms with van der Waals surface area (Å²) in [5, 5.41) is 0.928. The number of fused-ring (bicyclic) bond motifs is 2. The van der Waals surface area contributed by atoms with Gasteiger partial charge in [-0.15, -0.1) is 22.7 Å². The molecule has 2 amide bonds. The van der Waals surface area contributed by atoms with E-state index in [1.807, 2.05) is 42.2 Å². The lowest BCUT2D eigenvalue weighted by molar-refractivity contribution is 0.0728. The zero-order valence-electron chi connectivity index (χ0n) is 19.5. The number of aryl methyl sites for hydroxylation is 1. The fourth-order valence-corrected chi connectivity index (χ4v) is 6.36. The summed E-state index contributed by atoms with van der Waals surface area (Å²) < 4.78 is 13.5. The molecule has 3 aromatic heterocycles. The Hall–Kier alpha value is -3.01. The molecular formula is C25H25N3O4S2. The van der Waals surface area contributed by atoms with E-state index < -0.39 is 0 Å². The number of rotatable bonds is 5. The number of hydrogen-bond acceptors (Lipinski definition) is 7. The van der Waals surface area contributed by atoms with Crippen LogP contribution in [0.3, 0.4) is 0 Å². The van der Waals surface area contributed by atoms with Gasteiger partial charge in [0.15, 0.2) is 0 Å². The van der Waals surface area contributed by atoms with Crippen LogP contribution in [0.4, 0.5) is 0 Å². The first kappa shape index (κ1) is 22.8. The van der Waals surface area contributed by atoms with E-state index in [0.717, 1.165) is 37.2 Å². The van der Waals surface area contributed by atoms with Crippen molar-refractivity contribution in [2.75, 3.05) is 34.3 Å². The number of methoxy groups -OCH3 is 1. The molecule has 7 nitrogen and oxygen atoms in total. The summed E-state index contributed by atoms with van der Waals surface area (Å²) in [6, 6.07) is 9.42. The molecule has 0 saturated carbocycles. The molecule has 176 valence electrons. The number of carbonyl (C=O) groups is 2. The third kappa shape index (κ3) is 4.04. The summed E-state index contributed by atoms with van der Waals surface area (Å²) in [5.41, 5.74) is 1.47. The third-order valence-corrected chi connectivity index (χ3v) is 8.23. The smallest absolute Gasteiger partial charge is 0.264 e. The van der Waals surface area contributed by atoms with Crippen LogP contribution in [0.15, 0.2) is 36.5 Å². The van der Waals surface area contributed by atoms with Gasteiger partial charge in [-0.3, -0.25) is 14.6 Å². The topological polar surface area (TPSA) is 72.0 Å². The lowest BCUT2D eigenvalue weighted by Gasteiger charge is -2.14. The molecule has 1 saturated heterocycles. The Labute approximate surface area is 205 Å². The van der Waals surface area contributed by atoms with Crippen LogP contribution in [0.1, 0.15) is 31.3 Å². The van der Waals surface area contributed by atoms with Gasteiger partial charge in [0.25, 0.3) is 11.8 Å². The molecule has 4 aromatic rings. The monoisotopic (exact) mass is 495 g/mol. The van der Waals surface area contributed by atoms with E-state index in [0.29, 0.717) is 29.5 Å². The van der Waals surface area contributed by atoms with Gasteiger partial charge in [-0.05, 0) is 37.6 Å². The average Bonchev–Trinajstić information content (AvgIpc) is 3.54.